The zero-order chi connectivity index (χ0) is 22.8. The van der Waals surface area contributed by atoms with Gasteiger partial charge in [0.25, 0.3) is 0 Å². The van der Waals surface area contributed by atoms with Crippen molar-refractivity contribution in [1.29, 1.82) is 0 Å². The fourth-order valence-electron chi connectivity index (χ4n) is 2.78. The molecule has 0 bridgehead atoms. The predicted molar refractivity (Wildman–Crippen MR) is 124 cm³/mol. The molecule has 0 saturated heterocycles. The van der Waals surface area contributed by atoms with Crippen molar-refractivity contribution >= 4 is 28.8 Å². The van der Waals surface area contributed by atoms with Crippen LogP contribution in [0, 0.1) is 0 Å². The number of Topliss-reactive ketones (excluding diaryl/α,β-unsaturated/α-hetero) is 1. The van der Waals surface area contributed by atoms with E-state index < -0.39 is 0 Å². The van der Waals surface area contributed by atoms with Crippen LogP contribution in [0.3, 0.4) is 0 Å². The van der Waals surface area contributed by atoms with Crippen molar-refractivity contribution in [3.63, 3.8) is 0 Å². The molecule has 2 aromatic rings. The highest BCUT2D eigenvalue weighted by Gasteiger charge is 2.16. The van der Waals surface area contributed by atoms with Crippen LogP contribution in [0.5, 0.6) is 0 Å². The first-order valence-corrected chi connectivity index (χ1v) is 11.3. The van der Waals surface area contributed by atoms with Crippen LogP contribution in [0.15, 0.2) is 29.1 Å². The summed E-state index contributed by atoms with van der Waals surface area (Å²) in [5.74, 6) is -0.0796. The number of carbonyl (C=O) groups is 2. The molecule has 0 aliphatic carbocycles. The molecule has 0 aliphatic heterocycles. The maximum Gasteiger partial charge on any atom is 0.317 e. The van der Waals surface area contributed by atoms with Crippen LogP contribution in [0.25, 0.3) is 0 Å². The average molecular weight is 448 g/mol. The lowest BCUT2D eigenvalue weighted by Gasteiger charge is -2.25. The number of thiophene rings is 1. The number of amides is 2. The Bertz CT molecular complexity index is 836. The summed E-state index contributed by atoms with van der Waals surface area (Å²) in [5.41, 5.74) is 8.58. The molecule has 170 valence electrons. The maximum absolute atomic E-state index is 12.6. The van der Waals surface area contributed by atoms with Gasteiger partial charge < -0.3 is 25.6 Å². The van der Waals surface area contributed by atoms with Crippen LogP contribution in [0.1, 0.15) is 35.5 Å². The van der Waals surface area contributed by atoms with E-state index in [9.17, 15) is 9.59 Å². The van der Waals surface area contributed by atoms with Crippen molar-refractivity contribution < 1.29 is 14.3 Å². The number of ether oxygens (including phenoxy) is 1. The van der Waals surface area contributed by atoms with Gasteiger partial charge in [0, 0.05) is 49.9 Å². The third-order valence-electron chi connectivity index (χ3n) is 4.54. The third kappa shape index (κ3) is 8.64. The van der Waals surface area contributed by atoms with E-state index >= 15 is 0 Å². The Labute approximate surface area is 188 Å². The highest BCUT2D eigenvalue weighted by atomic mass is 32.1. The van der Waals surface area contributed by atoms with E-state index in [0.29, 0.717) is 37.6 Å². The van der Waals surface area contributed by atoms with Crippen LogP contribution in [0.4, 0.5) is 10.5 Å². The van der Waals surface area contributed by atoms with Crippen LogP contribution in [0.2, 0.25) is 0 Å². The number of ketones is 1. The number of anilines is 1. The summed E-state index contributed by atoms with van der Waals surface area (Å²) >= 11 is 1.48. The minimum absolute atomic E-state index is 0.0796. The van der Waals surface area contributed by atoms with Crippen molar-refractivity contribution in [3.05, 3.63) is 45.9 Å². The first kappa shape index (κ1) is 24.8. The van der Waals surface area contributed by atoms with Crippen molar-refractivity contribution in [2.24, 2.45) is 0 Å². The van der Waals surface area contributed by atoms with Crippen molar-refractivity contribution in [3.8, 4) is 0 Å². The van der Waals surface area contributed by atoms with E-state index in [2.05, 4.69) is 10.3 Å². The fourth-order valence-corrected chi connectivity index (χ4v) is 3.53. The molecule has 0 unspecified atom stereocenters. The highest BCUT2D eigenvalue weighted by molar-refractivity contribution is 7.08. The minimum Gasteiger partial charge on any atom is -0.398 e. The number of aromatic nitrogens is 1. The van der Waals surface area contributed by atoms with E-state index in [1.54, 1.807) is 17.2 Å². The maximum atomic E-state index is 12.6. The Balaban J connectivity index is 1.96. The van der Waals surface area contributed by atoms with E-state index in [0.717, 1.165) is 17.7 Å². The van der Waals surface area contributed by atoms with Crippen molar-refractivity contribution in [2.75, 3.05) is 46.1 Å². The van der Waals surface area contributed by atoms with Crippen molar-refractivity contribution in [2.45, 2.75) is 32.9 Å². The van der Waals surface area contributed by atoms with Crippen molar-refractivity contribution in [1.82, 2.24) is 20.1 Å². The molecule has 0 atom stereocenters. The molecule has 0 saturated carbocycles. The smallest absolute Gasteiger partial charge is 0.317 e. The number of urea groups is 1. The first-order chi connectivity index (χ1) is 14.8. The summed E-state index contributed by atoms with van der Waals surface area (Å²) in [4.78, 5) is 33.2. The Hall–Kier alpha value is -2.49. The van der Waals surface area contributed by atoms with Gasteiger partial charge >= 0.3 is 6.03 Å². The highest BCUT2D eigenvalue weighted by Crippen LogP contribution is 2.19. The summed E-state index contributed by atoms with van der Waals surface area (Å²) in [5, 5.41) is 6.60. The van der Waals surface area contributed by atoms with E-state index in [1.165, 1.54) is 11.3 Å². The molecule has 0 spiro atoms. The number of carbonyl (C=O) groups excluding carboxylic acids is 2. The lowest BCUT2D eigenvalue weighted by atomic mass is 10.1. The lowest BCUT2D eigenvalue weighted by molar-refractivity contribution is 0.0805. The number of hydrogen-bond acceptors (Lipinski definition) is 7. The molecule has 9 heteroatoms. The number of pyridine rings is 1. The number of likely N-dealkylation sites (N-methyl/N-ethyl adjacent to an activating group) is 1. The standard InChI is InChI=1S/C22H33N5O3S/c1-16(2)30-10-7-24-22(29)27(9-8-26(3)4)13-17-5-6-20(25-12-17)21(28)11-18-14-31-15-19(18)23/h5-6,12,14-16H,7-11,13,23H2,1-4H3,(H,24,29). The molecule has 0 radical (unpaired) electrons. The number of nitrogen functional groups attached to an aromatic ring is 1. The predicted octanol–water partition coefficient (Wildman–Crippen LogP) is 2.65. The second-order valence-corrected chi connectivity index (χ2v) is 8.62. The van der Waals surface area contributed by atoms with Gasteiger partial charge in [-0.3, -0.25) is 9.78 Å². The summed E-state index contributed by atoms with van der Waals surface area (Å²) in [6.07, 6.45) is 2.02. The second-order valence-electron chi connectivity index (χ2n) is 7.88. The molecule has 0 fully saturated rings. The molecule has 2 aromatic heterocycles. The van der Waals surface area contributed by atoms with Crippen LogP contribution < -0.4 is 11.1 Å². The largest absolute Gasteiger partial charge is 0.398 e. The zero-order valence-electron chi connectivity index (χ0n) is 18.8. The molecule has 2 amide bonds. The fraction of sp³-hybridized carbons (Fsp3) is 0.500. The molecule has 0 aromatic carbocycles. The number of nitrogens with two attached hydrogens (primary N) is 1. The van der Waals surface area contributed by atoms with Gasteiger partial charge in [-0.25, -0.2) is 4.79 Å². The Morgan fingerprint density at radius 3 is 2.58 bits per heavy atom. The summed E-state index contributed by atoms with van der Waals surface area (Å²) in [7, 11) is 3.93. The van der Waals surface area contributed by atoms with Gasteiger partial charge in [0.1, 0.15) is 5.69 Å². The van der Waals surface area contributed by atoms with Gasteiger partial charge in [-0.05, 0) is 50.5 Å². The van der Waals surface area contributed by atoms with E-state index in [4.69, 9.17) is 10.5 Å². The molecule has 0 aliphatic rings. The monoisotopic (exact) mass is 447 g/mol. The Morgan fingerprint density at radius 2 is 2.00 bits per heavy atom. The third-order valence-corrected chi connectivity index (χ3v) is 5.36. The number of nitrogens with one attached hydrogen (secondary N) is 1. The van der Waals surface area contributed by atoms with Gasteiger partial charge in [-0.2, -0.15) is 0 Å². The molecule has 3 N–H and O–H groups in total. The first-order valence-electron chi connectivity index (χ1n) is 10.3. The topological polar surface area (TPSA) is 101 Å². The van der Waals surface area contributed by atoms with E-state index in [1.807, 2.05) is 49.7 Å². The molecule has 8 nitrogen and oxygen atoms in total. The quantitative estimate of drug-likeness (QED) is 0.383. The van der Waals surface area contributed by atoms with Gasteiger partial charge in [-0.15, -0.1) is 11.3 Å². The Kier molecular flexibility index (Phi) is 9.90. The number of hydrogen-bond donors (Lipinski definition) is 2. The Morgan fingerprint density at radius 1 is 1.23 bits per heavy atom. The van der Waals surface area contributed by atoms with Crippen LogP contribution >= 0.6 is 11.3 Å². The molecule has 31 heavy (non-hydrogen) atoms. The minimum atomic E-state index is -0.151. The van der Waals surface area contributed by atoms with E-state index in [-0.39, 0.29) is 24.3 Å². The van der Waals surface area contributed by atoms with Crippen LogP contribution in [-0.4, -0.2) is 73.0 Å². The normalized spacial score (nSPS) is 11.2. The van der Waals surface area contributed by atoms with Gasteiger partial charge in [0.15, 0.2) is 5.78 Å². The molecule has 2 heterocycles. The molecular weight excluding hydrogens is 414 g/mol. The van der Waals surface area contributed by atoms with Crippen LogP contribution in [-0.2, 0) is 17.7 Å². The summed E-state index contributed by atoms with van der Waals surface area (Å²) in [6, 6.07) is 3.40. The number of rotatable bonds is 12. The summed E-state index contributed by atoms with van der Waals surface area (Å²) in [6.45, 7) is 6.56. The molecule has 2 rings (SSSR count). The summed E-state index contributed by atoms with van der Waals surface area (Å²) < 4.78 is 5.48. The van der Waals surface area contributed by atoms with Gasteiger partial charge in [-0.1, -0.05) is 6.07 Å². The average Bonchev–Trinajstić information content (AvgIpc) is 3.12. The second kappa shape index (κ2) is 12.4. The number of nitrogens with zero attached hydrogens (tertiary/aromatic N) is 3. The van der Waals surface area contributed by atoms with Gasteiger partial charge in [0.05, 0.1) is 12.7 Å². The zero-order valence-corrected chi connectivity index (χ0v) is 19.6. The lowest BCUT2D eigenvalue weighted by Crippen LogP contribution is -2.43. The molecular formula is C22H33N5O3S. The SMILES string of the molecule is CC(C)OCCNC(=O)N(CCN(C)C)Cc1ccc(C(=O)Cc2cscc2N)nc1. The van der Waals surface area contributed by atoms with Gasteiger partial charge in [0.2, 0.25) is 0 Å².